The van der Waals surface area contributed by atoms with Crippen LogP contribution >= 0.6 is 0 Å². The zero-order valence-electron chi connectivity index (χ0n) is 16.3. The van der Waals surface area contributed by atoms with Gasteiger partial charge in [-0.15, -0.1) is 10.2 Å². The van der Waals surface area contributed by atoms with Crippen LogP contribution in [0.3, 0.4) is 0 Å². The van der Waals surface area contributed by atoms with E-state index in [1.807, 2.05) is 18.4 Å². The van der Waals surface area contributed by atoms with Crippen LogP contribution in [0.1, 0.15) is 36.6 Å². The zero-order valence-corrected chi connectivity index (χ0v) is 17.1. The molecule has 0 aliphatic heterocycles. The van der Waals surface area contributed by atoms with Gasteiger partial charge in [0.1, 0.15) is 16.4 Å². The molecule has 0 radical (unpaired) electrons. The van der Waals surface area contributed by atoms with Crippen LogP contribution in [0.4, 0.5) is 4.39 Å². The lowest BCUT2D eigenvalue weighted by molar-refractivity contribution is 0.507. The number of nitrogens with zero attached hydrogens (tertiary/aromatic N) is 3. The Hall–Kier alpha value is -2.52. The Morgan fingerprint density at radius 2 is 1.89 bits per heavy atom. The van der Waals surface area contributed by atoms with Crippen molar-refractivity contribution in [2.75, 3.05) is 0 Å². The van der Waals surface area contributed by atoms with Crippen molar-refractivity contribution in [3.63, 3.8) is 0 Å². The van der Waals surface area contributed by atoms with E-state index in [0.29, 0.717) is 35.8 Å². The van der Waals surface area contributed by atoms with Gasteiger partial charge >= 0.3 is 0 Å². The molecule has 150 valence electrons. The molecule has 2 heterocycles. The first-order chi connectivity index (χ1) is 13.3. The summed E-state index contributed by atoms with van der Waals surface area (Å²) in [7, 11) is -3.88. The molecule has 0 unspecified atom stereocenters. The number of halogens is 1. The second kappa shape index (κ2) is 7.84. The van der Waals surface area contributed by atoms with Gasteiger partial charge in [-0.25, -0.2) is 17.5 Å². The number of hydrogen-bond donors (Lipinski definition) is 1. The second-order valence-electron chi connectivity index (χ2n) is 6.40. The lowest BCUT2D eigenvalue weighted by Crippen LogP contribution is -2.24. The fraction of sp³-hybridized carbons (Fsp3) is 0.368. The highest BCUT2D eigenvalue weighted by molar-refractivity contribution is 7.89. The molecule has 0 saturated heterocycles. The van der Waals surface area contributed by atoms with Crippen LogP contribution in [-0.4, -0.2) is 23.2 Å². The highest BCUT2D eigenvalue weighted by Gasteiger charge is 2.29. The van der Waals surface area contributed by atoms with Crippen molar-refractivity contribution in [2.24, 2.45) is 0 Å². The number of hydrogen-bond acceptors (Lipinski definition) is 5. The molecular weight excluding hydrogens is 383 g/mol. The lowest BCUT2D eigenvalue weighted by Gasteiger charge is -2.09. The van der Waals surface area contributed by atoms with Crippen molar-refractivity contribution >= 4 is 10.0 Å². The molecule has 0 atom stereocenters. The van der Waals surface area contributed by atoms with E-state index in [-0.39, 0.29) is 22.9 Å². The Kier molecular flexibility index (Phi) is 5.66. The first-order valence-corrected chi connectivity index (χ1v) is 10.5. The van der Waals surface area contributed by atoms with Crippen LogP contribution in [0.5, 0.6) is 0 Å². The summed E-state index contributed by atoms with van der Waals surface area (Å²) in [6.45, 7) is 7.65. The first-order valence-electron chi connectivity index (χ1n) is 9.05. The van der Waals surface area contributed by atoms with E-state index in [2.05, 4.69) is 14.9 Å². The normalized spacial score (nSPS) is 11.9. The van der Waals surface area contributed by atoms with Gasteiger partial charge in [0.05, 0.1) is 0 Å². The quantitative estimate of drug-likeness (QED) is 0.650. The average Bonchev–Trinajstić information content (AvgIpc) is 3.22. The Morgan fingerprint density at radius 3 is 2.50 bits per heavy atom. The van der Waals surface area contributed by atoms with Crippen LogP contribution in [-0.2, 0) is 29.5 Å². The van der Waals surface area contributed by atoms with Gasteiger partial charge < -0.3 is 8.98 Å². The topological polar surface area (TPSA) is 90.0 Å². The summed E-state index contributed by atoms with van der Waals surface area (Å²) >= 11 is 0. The summed E-state index contributed by atoms with van der Waals surface area (Å²) in [5.41, 5.74) is 1.94. The largest absolute Gasteiger partial charge is 0.419 e. The van der Waals surface area contributed by atoms with Crippen molar-refractivity contribution in [1.82, 2.24) is 19.5 Å². The van der Waals surface area contributed by atoms with E-state index in [1.54, 1.807) is 32.0 Å². The molecule has 1 aromatic carbocycles. The predicted molar refractivity (Wildman–Crippen MR) is 103 cm³/mol. The molecule has 7 nitrogen and oxygen atoms in total. The number of rotatable bonds is 7. The van der Waals surface area contributed by atoms with Gasteiger partial charge in [-0.3, -0.25) is 0 Å². The molecule has 0 spiro atoms. The standard InChI is InChI=1S/C19H23FN4O3S/c1-5-16-22-23-19(27-16)17-12(3)18(13(4)24(17)6-2)28(25,26)21-11-14-9-7-8-10-15(14)20/h7-10,21H,5-6,11H2,1-4H3. The van der Waals surface area contributed by atoms with Crippen LogP contribution in [0.15, 0.2) is 33.6 Å². The Morgan fingerprint density at radius 1 is 1.18 bits per heavy atom. The van der Waals surface area contributed by atoms with Gasteiger partial charge in [0, 0.05) is 36.3 Å². The molecule has 9 heteroatoms. The third kappa shape index (κ3) is 3.59. The average molecular weight is 406 g/mol. The van der Waals surface area contributed by atoms with E-state index in [0.717, 1.165) is 0 Å². The van der Waals surface area contributed by atoms with Crippen LogP contribution < -0.4 is 4.72 Å². The molecule has 0 amide bonds. The minimum absolute atomic E-state index is 0.138. The molecule has 0 saturated carbocycles. The number of sulfonamides is 1. The Labute approximate surface area is 163 Å². The van der Waals surface area contributed by atoms with Gasteiger partial charge in [-0.1, -0.05) is 25.1 Å². The van der Waals surface area contributed by atoms with Crippen molar-refractivity contribution < 1.29 is 17.2 Å². The number of benzene rings is 1. The predicted octanol–water partition coefficient (Wildman–Crippen LogP) is 3.35. The number of aromatic nitrogens is 3. The van der Waals surface area contributed by atoms with Gasteiger partial charge in [-0.2, -0.15) is 0 Å². The SMILES string of the molecule is CCc1nnc(-c2c(C)c(S(=O)(=O)NCc3ccccc3F)c(C)n2CC)o1. The minimum Gasteiger partial charge on any atom is -0.419 e. The first kappa shape index (κ1) is 20.2. The van der Waals surface area contributed by atoms with Gasteiger partial charge in [0.15, 0.2) is 0 Å². The fourth-order valence-electron chi connectivity index (χ4n) is 3.32. The van der Waals surface area contributed by atoms with Gasteiger partial charge in [0.25, 0.3) is 5.89 Å². The zero-order chi connectivity index (χ0) is 20.5. The summed E-state index contributed by atoms with van der Waals surface area (Å²) < 4.78 is 49.9. The van der Waals surface area contributed by atoms with Crippen molar-refractivity contribution in [2.45, 2.75) is 52.1 Å². The molecule has 3 rings (SSSR count). The molecule has 0 aliphatic carbocycles. The van der Waals surface area contributed by atoms with E-state index >= 15 is 0 Å². The maximum absolute atomic E-state index is 13.8. The number of aryl methyl sites for hydroxylation is 1. The Balaban J connectivity index is 2.02. The van der Waals surface area contributed by atoms with E-state index in [1.165, 1.54) is 6.07 Å². The summed E-state index contributed by atoms with van der Waals surface area (Å²) in [4.78, 5) is 0.150. The number of nitrogens with one attached hydrogen (secondary N) is 1. The van der Waals surface area contributed by atoms with E-state index in [9.17, 15) is 12.8 Å². The molecule has 2 aromatic heterocycles. The molecule has 0 aliphatic rings. The summed E-state index contributed by atoms with van der Waals surface area (Å²) in [6, 6.07) is 6.07. The van der Waals surface area contributed by atoms with E-state index < -0.39 is 15.8 Å². The maximum Gasteiger partial charge on any atom is 0.264 e. The molecule has 3 aromatic rings. The van der Waals surface area contributed by atoms with E-state index in [4.69, 9.17) is 4.42 Å². The van der Waals surface area contributed by atoms with Crippen LogP contribution in [0, 0.1) is 19.7 Å². The lowest BCUT2D eigenvalue weighted by atomic mass is 10.2. The highest BCUT2D eigenvalue weighted by atomic mass is 32.2. The van der Waals surface area contributed by atoms with Crippen LogP contribution in [0.25, 0.3) is 11.6 Å². The Bertz CT molecular complexity index is 1100. The third-order valence-corrected chi connectivity index (χ3v) is 6.33. The third-order valence-electron chi connectivity index (χ3n) is 4.67. The summed E-state index contributed by atoms with van der Waals surface area (Å²) in [5, 5.41) is 8.04. The monoisotopic (exact) mass is 406 g/mol. The maximum atomic E-state index is 13.8. The molecular formula is C19H23FN4O3S. The van der Waals surface area contributed by atoms with Crippen molar-refractivity contribution in [3.8, 4) is 11.6 Å². The molecule has 1 N–H and O–H groups in total. The fourth-order valence-corrected chi connectivity index (χ4v) is 4.81. The van der Waals surface area contributed by atoms with Crippen molar-refractivity contribution in [3.05, 3.63) is 52.8 Å². The van der Waals surface area contributed by atoms with Gasteiger partial charge in [0.2, 0.25) is 15.9 Å². The summed E-state index contributed by atoms with van der Waals surface area (Å²) in [6.07, 6.45) is 0.590. The summed E-state index contributed by atoms with van der Waals surface area (Å²) in [5.74, 6) is 0.316. The van der Waals surface area contributed by atoms with Crippen LogP contribution in [0.2, 0.25) is 0 Å². The highest BCUT2D eigenvalue weighted by Crippen LogP contribution is 2.33. The van der Waals surface area contributed by atoms with Crippen molar-refractivity contribution in [1.29, 1.82) is 0 Å². The second-order valence-corrected chi connectivity index (χ2v) is 8.11. The molecule has 0 bridgehead atoms. The van der Waals surface area contributed by atoms with Gasteiger partial charge in [-0.05, 0) is 26.8 Å². The molecule has 28 heavy (non-hydrogen) atoms. The molecule has 0 fully saturated rings. The minimum atomic E-state index is -3.88. The smallest absolute Gasteiger partial charge is 0.264 e.